The van der Waals surface area contributed by atoms with Crippen molar-refractivity contribution in [3.8, 4) is 0 Å². The molecule has 0 radical (unpaired) electrons. The van der Waals surface area contributed by atoms with Gasteiger partial charge >= 0.3 is 39.5 Å². The second kappa shape index (κ2) is 67.2. The van der Waals surface area contributed by atoms with Gasteiger partial charge in [0.1, 0.15) is 19.3 Å². The molecule has 97 heavy (non-hydrogen) atoms. The maximum atomic E-state index is 13.1. The number of unbranched alkanes of at least 4 members (excludes halogenated alkanes) is 39. The fraction of sp³-hybridized carbons (Fsp3) is 0.949. The maximum Gasteiger partial charge on any atom is 0.472 e. The first kappa shape index (κ1) is 95.1. The number of phosphoric acid groups is 2. The van der Waals surface area contributed by atoms with Crippen molar-refractivity contribution in [2.75, 3.05) is 39.6 Å². The summed E-state index contributed by atoms with van der Waals surface area (Å²) in [5.41, 5.74) is 0. The van der Waals surface area contributed by atoms with Crippen molar-refractivity contribution in [3.05, 3.63) is 0 Å². The van der Waals surface area contributed by atoms with Gasteiger partial charge in [0, 0.05) is 25.7 Å². The summed E-state index contributed by atoms with van der Waals surface area (Å²) in [5.74, 6) is 0.971. The lowest BCUT2D eigenvalue weighted by atomic mass is 9.99. The number of aliphatic hydroxyl groups excluding tert-OH is 1. The summed E-state index contributed by atoms with van der Waals surface area (Å²) >= 11 is 0. The predicted molar refractivity (Wildman–Crippen MR) is 395 cm³/mol. The molecule has 0 heterocycles. The van der Waals surface area contributed by atoms with Gasteiger partial charge in [0.05, 0.1) is 26.4 Å². The molecule has 0 aromatic rings. The Bertz CT molecular complexity index is 1910. The Morgan fingerprint density at radius 2 is 0.495 bits per heavy atom. The fourth-order valence-electron chi connectivity index (χ4n) is 11.8. The van der Waals surface area contributed by atoms with Crippen LogP contribution in [0, 0.1) is 23.7 Å². The lowest BCUT2D eigenvalue weighted by Crippen LogP contribution is -2.30. The molecule has 7 atom stereocenters. The molecule has 0 bridgehead atoms. The van der Waals surface area contributed by atoms with E-state index in [1.807, 2.05) is 0 Å². The van der Waals surface area contributed by atoms with Crippen LogP contribution in [0.3, 0.4) is 0 Å². The van der Waals surface area contributed by atoms with Crippen molar-refractivity contribution in [3.63, 3.8) is 0 Å². The van der Waals surface area contributed by atoms with E-state index in [4.69, 9.17) is 37.0 Å². The van der Waals surface area contributed by atoms with Gasteiger partial charge in [-0.2, -0.15) is 0 Å². The van der Waals surface area contributed by atoms with Gasteiger partial charge < -0.3 is 33.8 Å². The van der Waals surface area contributed by atoms with E-state index in [1.165, 1.54) is 193 Å². The van der Waals surface area contributed by atoms with E-state index in [-0.39, 0.29) is 25.7 Å². The largest absolute Gasteiger partial charge is 0.472 e. The molecule has 0 amide bonds. The number of carbonyl (C=O) groups excluding carboxylic acids is 4. The van der Waals surface area contributed by atoms with Crippen molar-refractivity contribution >= 4 is 39.5 Å². The Hall–Kier alpha value is -1.94. The van der Waals surface area contributed by atoms with E-state index in [2.05, 4.69) is 55.4 Å². The number of ether oxygens (including phenoxy) is 4. The van der Waals surface area contributed by atoms with Crippen LogP contribution in [0.5, 0.6) is 0 Å². The summed E-state index contributed by atoms with van der Waals surface area (Å²) in [6, 6.07) is 0. The normalized spacial score (nSPS) is 14.6. The molecule has 0 saturated heterocycles. The molecule has 17 nitrogen and oxygen atoms in total. The summed E-state index contributed by atoms with van der Waals surface area (Å²) in [6.45, 7) is 14.2. The molecule has 0 aromatic heterocycles. The molecule has 0 aliphatic heterocycles. The molecular formula is C78H152O17P2. The van der Waals surface area contributed by atoms with Gasteiger partial charge in [-0.1, -0.05) is 344 Å². The van der Waals surface area contributed by atoms with Crippen molar-refractivity contribution < 1.29 is 80.2 Å². The lowest BCUT2D eigenvalue weighted by molar-refractivity contribution is -0.161. The third kappa shape index (κ3) is 69.5. The highest BCUT2D eigenvalue weighted by atomic mass is 31.2. The van der Waals surface area contributed by atoms with Gasteiger partial charge in [0.25, 0.3) is 0 Å². The van der Waals surface area contributed by atoms with Crippen LogP contribution in [-0.2, 0) is 65.4 Å². The highest BCUT2D eigenvalue weighted by Crippen LogP contribution is 2.45. The lowest BCUT2D eigenvalue weighted by Gasteiger charge is -2.21. The molecule has 19 heteroatoms. The van der Waals surface area contributed by atoms with Gasteiger partial charge in [-0.15, -0.1) is 0 Å². The molecule has 0 fully saturated rings. The van der Waals surface area contributed by atoms with E-state index in [0.29, 0.717) is 25.7 Å². The number of aliphatic hydroxyl groups is 1. The van der Waals surface area contributed by atoms with Crippen LogP contribution in [0.25, 0.3) is 0 Å². The second-order valence-electron chi connectivity index (χ2n) is 29.5. The second-order valence-corrected chi connectivity index (χ2v) is 32.4. The van der Waals surface area contributed by atoms with Crippen LogP contribution in [-0.4, -0.2) is 96.7 Å². The Morgan fingerprint density at radius 1 is 0.289 bits per heavy atom. The molecule has 0 saturated carbocycles. The molecule has 4 unspecified atom stereocenters. The molecule has 576 valence electrons. The fourth-order valence-corrected chi connectivity index (χ4v) is 13.4. The summed E-state index contributed by atoms with van der Waals surface area (Å²) in [5, 5.41) is 10.6. The first-order chi connectivity index (χ1) is 46.7. The van der Waals surface area contributed by atoms with Crippen molar-refractivity contribution in [1.29, 1.82) is 0 Å². The zero-order valence-electron chi connectivity index (χ0n) is 63.7. The quantitative estimate of drug-likeness (QED) is 0.0222. The van der Waals surface area contributed by atoms with E-state index >= 15 is 0 Å². The van der Waals surface area contributed by atoms with Crippen LogP contribution in [0.15, 0.2) is 0 Å². The highest BCUT2D eigenvalue weighted by Gasteiger charge is 2.30. The average Bonchev–Trinajstić information content (AvgIpc) is 2.50. The van der Waals surface area contributed by atoms with Gasteiger partial charge in [-0.05, 0) is 49.4 Å². The minimum absolute atomic E-state index is 0.105. The number of hydrogen-bond acceptors (Lipinski definition) is 15. The van der Waals surface area contributed by atoms with Crippen molar-refractivity contribution in [1.82, 2.24) is 0 Å². The number of phosphoric ester groups is 2. The minimum Gasteiger partial charge on any atom is -0.462 e. The molecule has 0 aromatic carbocycles. The van der Waals surface area contributed by atoms with Crippen LogP contribution < -0.4 is 0 Å². The zero-order chi connectivity index (χ0) is 71.7. The van der Waals surface area contributed by atoms with Gasteiger partial charge in [0.15, 0.2) is 12.2 Å². The van der Waals surface area contributed by atoms with Gasteiger partial charge in [-0.3, -0.25) is 37.3 Å². The smallest absolute Gasteiger partial charge is 0.462 e. The van der Waals surface area contributed by atoms with Crippen LogP contribution in [0.2, 0.25) is 0 Å². The molecule has 3 N–H and O–H groups in total. The Kier molecular flexibility index (Phi) is 65.9. The predicted octanol–water partition coefficient (Wildman–Crippen LogP) is 22.8. The summed E-state index contributed by atoms with van der Waals surface area (Å²) < 4.78 is 68.6. The summed E-state index contributed by atoms with van der Waals surface area (Å²) in [4.78, 5) is 72.9. The minimum atomic E-state index is -4.96. The topological polar surface area (TPSA) is 237 Å². The third-order valence-corrected chi connectivity index (χ3v) is 20.7. The molecular weight excluding hydrogens is 1270 g/mol. The van der Waals surface area contributed by atoms with E-state index < -0.39 is 97.5 Å². The van der Waals surface area contributed by atoms with Gasteiger partial charge in [0.2, 0.25) is 0 Å². The monoisotopic (exact) mass is 1420 g/mol. The van der Waals surface area contributed by atoms with E-state index in [0.717, 1.165) is 120 Å². The summed E-state index contributed by atoms with van der Waals surface area (Å²) in [7, 11) is -9.92. The number of carbonyl (C=O) groups is 4. The first-order valence-corrected chi connectivity index (χ1v) is 43.3. The summed E-state index contributed by atoms with van der Waals surface area (Å²) in [6.07, 6.45) is 52.8. The highest BCUT2D eigenvalue weighted by molar-refractivity contribution is 7.47. The average molecular weight is 1420 g/mol. The maximum absolute atomic E-state index is 13.1. The van der Waals surface area contributed by atoms with Crippen LogP contribution in [0.4, 0.5) is 0 Å². The van der Waals surface area contributed by atoms with Gasteiger partial charge in [-0.25, -0.2) is 9.13 Å². The van der Waals surface area contributed by atoms with E-state index in [1.54, 1.807) is 0 Å². The zero-order valence-corrected chi connectivity index (χ0v) is 65.5. The molecule has 0 rings (SSSR count). The molecule has 0 spiro atoms. The third-order valence-electron chi connectivity index (χ3n) is 18.8. The number of hydrogen-bond donors (Lipinski definition) is 3. The van der Waals surface area contributed by atoms with Crippen molar-refractivity contribution in [2.45, 2.75) is 414 Å². The van der Waals surface area contributed by atoms with Crippen LogP contribution >= 0.6 is 15.6 Å². The Morgan fingerprint density at radius 3 is 0.732 bits per heavy atom. The molecule has 0 aliphatic rings. The number of esters is 4. The Balaban J connectivity index is 5.20. The molecule has 0 aliphatic carbocycles. The van der Waals surface area contributed by atoms with Crippen LogP contribution in [0.1, 0.15) is 396 Å². The standard InChI is InChI=1S/C78H152O17P2/c1-9-70(7)56-48-40-32-28-29-35-45-53-61-78(83)95-73(64-88-75(80)58-50-42-33-26-23-19-21-25-31-39-47-55-69(5)6)66-92-96(84,85)90-62-72(79)63-91-97(86,87)93-67-74(65-89-76(81)59-51-43-37-36-41-49-57-71(8)10-2)94-77(82)60-52-44-34-27-22-18-16-14-12-11-13-15-17-20-24-30-38-46-54-68(3)4/h68-74,79H,9-67H2,1-8H3,(H,84,85)(H,86,87)/t70?,71?,72-,73-,74-/m1/s1. The first-order valence-electron chi connectivity index (χ1n) is 40.3. The van der Waals surface area contributed by atoms with Crippen molar-refractivity contribution in [2.24, 2.45) is 23.7 Å². The SMILES string of the molecule is CCC(C)CCCCCCCCCCC(=O)O[C@H](COC(=O)CCCCCCCCCCCCCC(C)C)COP(=O)(O)OC[C@@H](O)COP(=O)(O)OC[C@@H](COC(=O)CCCCCCCCC(C)CC)OC(=O)CCCCCCCCCCCCCCCCCCCCC(C)C. The number of rotatable bonds is 75. The van der Waals surface area contributed by atoms with E-state index in [9.17, 15) is 43.2 Å². The Labute approximate surface area is 594 Å².